The summed E-state index contributed by atoms with van der Waals surface area (Å²) >= 11 is 0. The van der Waals surface area contributed by atoms with Gasteiger partial charge in [-0.2, -0.15) is 0 Å². The van der Waals surface area contributed by atoms with E-state index in [0.717, 1.165) is 5.56 Å². The molecule has 1 aromatic rings. The van der Waals surface area contributed by atoms with Crippen LogP contribution in [0.5, 0.6) is 0 Å². The molecular formula is C8H8FN-. The van der Waals surface area contributed by atoms with Gasteiger partial charge in [0.15, 0.2) is 0 Å². The molecule has 1 aromatic carbocycles. The molecule has 0 saturated heterocycles. The van der Waals surface area contributed by atoms with E-state index in [1.807, 2.05) is 0 Å². The molecule has 10 heavy (non-hydrogen) atoms. The fourth-order valence-electron chi connectivity index (χ4n) is 0.719. The molecule has 0 atom stereocenters. The van der Waals surface area contributed by atoms with Crippen molar-refractivity contribution in [3.05, 3.63) is 42.7 Å². The molecule has 0 aliphatic heterocycles. The Kier molecular flexibility index (Phi) is 2.40. The third kappa shape index (κ3) is 1.81. The van der Waals surface area contributed by atoms with E-state index in [4.69, 9.17) is 0 Å². The molecule has 2 heteroatoms. The van der Waals surface area contributed by atoms with Gasteiger partial charge in [0.25, 0.3) is 0 Å². The maximum Gasteiger partial charge on any atom is 0.123 e. The summed E-state index contributed by atoms with van der Waals surface area (Å²) in [5, 5.41) is 3.66. The highest BCUT2D eigenvalue weighted by molar-refractivity contribution is 5.15. The minimum absolute atomic E-state index is 0.215. The van der Waals surface area contributed by atoms with Crippen LogP contribution in [-0.4, -0.2) is 0 Å². The van der Waals surface area contributed by atoms with Crippen molar-refractivity contribution in [2.75, 3.05) is 0 Å². The third-order valence-corrected chi connectivity index (χ3v) is 1.21. The number of hydrogen-bond acceptors (Lipinski definition) is 0. The number of halogens is 1. The fraction of sp³-hybridized carbons (Fsp3) is 0.125. The van der Waals surface area contributed by atoms with E-state index in [9.17, 15) is 4.39 Å². The predicted molar refractivity (Wildman–Crippen MR) is 37.6 cm³/mol. The highest BCUT2D eigenvalue weighted by atomic mass is 19.1. The molecule has 0 saturated carbocycles. The van der Waals surface area contributed by atoms with Crippen LogP contribution in [0.4, 0.5) is 4.39 Å². The monoisotopic (exact) mass is 137 g/mol. The van der Waals surface area contributed by atoms with Crippen LogP contribution in [-0.2, 0) is 6.54 Å². The van der Waals surface area contributed by atoms with Crippen LogP contribution in [0.1, 0.15) is 5.56 Å². The molecule has 0 fully saturated rings. The van der Waals surface area contributed by atoms with Gasteiger partial charge in [0.05, 0.1) is 0 Å². The number of benzene rings is 1. The van der Waals surface area contributed by atoms with Crippen molar-refractivity contribution in [1.29, 1.82) is 0 Å². The van der Waals surface area contributed by atoms with Crippen molar-refractivity contribution in [2.45, 2.75) is 6.54 Å². The molecule has 0 N–H and O–H groups in total. The van der Waals surface area contributed by atoms with Gasteiger partial charge >= 0.3 is 0 Å². The standard InChI is InChI=1S/C8H8FN/c1-10-6-7-2-4-8(9)5-3-7/h2-5H,1,6H2/q-1. The van der Waals surface area contributed by atoms with E-state index in [2.05, 4.69) is 12.4 Å². The van der Waals surface area contributed by atoms with Crippen LogP contribution in [0.25, 0.3) is 0 Å². The van der Waals surface area contributed by atoms with Crippen LogP contribution in [0.3, 0.4) is 0 Å². The van der Waals surface area contributed by atoms with E-state index in [1.165, 1.54) is 12.1 Å². The van der Waals surface area contributed by atoms with Gasteiger partial charge in [-0.3, -0.25) is 7.05 Å². The Morgan fingerprint density at radius 3 is 2.40 bits per heavy atom. The normalized spacial score (nSPS) is 9.80. The average Bonchev–Trinajstić information content (AvgIpc) is 1.95. The zero-order chi connectivity index (χ0) is 7.40. The van der Waals surface area contributed by atoms with Crippen LogP contribution in [0.15, 0.2) is 24.3 Å². The van der Waals surface area contributed by atoms with Gasteiger partial charge < -0.3 is 5.32 Å². The summed E-state index contributed by atoms with van der Waals surface area (Å²) in [5.41, 5.74) is 0.983. The van der Waals surface area contributed by atoms with E-state index >= 15 is 0 Å². The van der Waals surface area contributed by atoms with E-state index < -0.39 is 0 Å². The lowest BCUT2D eigenvalue weighted by Crippen LogP contribution is -1.93. The minimum atomic E-state index is -0.215. The molecular weight excluding hydrogens is 129 g/mol. The second-order valence-electron chi connectivity index (χ2n) is 2.01. The fourth-order valence-corrected chi connectivity index (χ4v) is 0.719. The highest BCUT2D eigenvalue weighted by Gasteiger charge is 1.88. The van der Waals surface area contributed by atoms with Crippen LogP contribution < -0.4 is 5.32 Å². The molecule has 1 radical (unpaired) electrons. The molecule has 1 nitrogen and oxygen atoms in total. The van der Waals surface area contributed by atoms with E-state index in [0.29, 0.717) is 6.54 Å². The zero-order valence-corrected chi connectivity index (χ0v) is 5.55. The molecule has 0 bridgehead atoms. The summed E-state index contributed by atoms with van der Waals surface area (Å²) in [6.07, 6.45) is 0. The largest absolute Gasteiger partial charge is 0.420 e. The van der Waals surface area contributed by atoms with Gasteiger partial charge in [-0.1, -0.05) is 12.1 Å². The maximum absolute atomic E-state index is 12.3. The van der Waals surface area contributed by atoms with Crippen LogP contribution in [0, 0.1) is 12.9 Å². The number of rotatable bonds is 2. The SMILES string of the molecule is [CH2-][N]Cc1ccc(F)cc1. The molecule has 0 spiro atoms. The number of nitrogens with zero attached hydrogens (tertiary/aromatic N) is 1. The van der Waals surface area contributed by atoms with Gasteiger partial charge in [0.2, 0.25) is 0 Å². The number of hydrogen-bond donors (Lipinski definition) is 0. The van der Waals surface area contributed by atoms with Gasteiger partial charge in [-0.15, -0.1) is 0 Å². The lowest BCUT2D eigenvalue weighted by Gasteiger charge is -2.00. The van der Waals surface area contributed by atoms with Gasteiger partial charge in [0, 0.05) is 6.54 Å². The summed E-state index contributed by atoms with van der Waals surface area (Å²) in [6.45, 7) is 0.556. The quantitative estimate of drug-likeness (QED) is 0.551. The maximum atomic E-state index is 12.3. The summed E-state index contributed by atoms with van der Waals surface area (Å²) < 4.78 is 12.3. The average molecular weight is 137 g/mol. The summed E-state index contributed by atoms with van der Waals surface area (Å²) in [4.78, 5) is 0. The van der Waals surface area contributed by atoms with Crippen molar-refractivity contribution in [2.24, 2.45) is 0 Å². The molecule has 0 heterocycles. The molecule has 0 aliphatic rings. The van der Waals surface area contributed by atoms with Crippen molar-refractivity contribution < 1.29 is 4.39 Å². The minimum Gasteiger partial charge on any atom is -0.420 e. The summed E-state index contributed by atoms with van der Waals surface area (Å²) in [7, 11) is 3.33. The first kappa shape index (κ1) is 7.22. The second kappa shape index (κ2) is 3.32. The lowest BCUT2D eigenvalue weighted by molar-refractivity contribution is 0.626. The Morgan fingerprint density at radius 2 is 1.90 bits per heavy atom. The smallest absolute Gasteiger partial charge is 0.123 e. The Morgan fingerprint density at radius 1 is 1.30 bits per heavy atom. The van der Waals surface area contributed by atoms with Crippen molar-refractivity contribution in [1.82, 2.24) is 5.32 Å². The molecule has 0 aromatic heterocycles. The zero-order valence-electron chi connectivity index (χ0n) is 5.55. The van der Waals surface area contributed by atoms with Crippen molar-refractivity contribution in [3.63, 3.8) is 0 Å². The first-order valence-corrected chi connectivity index (χ1v) is 3.00. The first-order valence-electron chi connectivity index (χ1n) is 3.00. The van der Waals surface area contributed by atoms with Gasteiger partial charge in [0.1, 0.15) is 5.82 Å². The van der Waals surface area contributed by atoms with Crippen LogP contribution >= 0.6 is 0 Å². The van der Waals surface area contributed by atoms with Crippen molar-refractivity contribution in [3.8, 4) is 0 Å². The Hall–Kier alpha value is -0.890. The molecule has 0 aliphatic carbocycles. The van der Waals surface area contributed by atoms with E-state index in [-0.39, 0.29) is 5.82 Å². The third-order valence-electron chi connectivity index (χ3n) is 1.21. The Balaban J connectivity index is 2.69. The molecule has 0 amide bonds. The molecule has 0 unspecified atom stereocenters. The Labute approximate surface area is 59.9 Å². The lowest BCUT2D eigenvalue weighted by atomic mass is 10.2. The van der Waals surface area contributed by atoms with Crippen molar-refractivity contribution >= 4 is 0 Å². The first-order chi connectivity index (χ1) is 4.83. The van der Waals surface area contributed by atoms with Gasteiger partial charge in [-0.25, -0.2) is 4.39 Å². The summed E-state index contributed by atoms with van der Waals surface area (Å²) in [6, 6.07) is 6.23. The van der Waals surface area contributed by atoms with Crippen LogP contribution in [0.2, 0.25) is 0 Å². The molecule has 53 valence electrons. The van der Waals surface area contributed by atoms with E-state index in [1.54, 1.807) is 12.1 Å². The topological polar surface area (TPSA) is 14.1 Å². The highest BCUT2D eigenvalue weighted by Crippen LogP contribution is 2.01. The summed E-state index contributed by atoms with van der Waals surface area (Å²) in [5.74, 6) is -0.215. The molecule has 1 rings (SSSR count). The second-order valence-corrected chi connectivity index (χ2v) is 2.01. The Bertz CT molecular complexity index is 193. The van der Waals surface area contributed by atoms with Gasteiger partial charge in [-0.05, 0) is 17.7 Å². The predicted octanol–water partition coefficient (Wildman–Crippen LogP) is 1.72.